The highest BCUT2D eigenvalue weighted by Crippen LogP contribution is 2.29. The minimum Gasteiger partial charge on any atom is -0.169 e. The number of hydrogen-bond donors (Lipinski definition) is 1. The van der Waals surface area contributed by atoms with E-state index in [1.807, 2.05) is 0 Å². The van der Waals surface area contributed by atoms with Crippen LogP contribution in [0, 0.1) is 5.92 Å². The van der Waals surface area contributed by atoms with Gasteiger partial charge in [-0.15, -0.1) is 0 Å². The average Bonchev–Trinajstić information content (AvgIpc) is 2.50. The Morgan fingerprint density at radius 3 is 2.06 bits per heavy atom. The standard InChI is InChI=1S/C13H20S4/c1-2-3-4-5-6-7-8-9-10(14)12(16)13(17)11(9)15/h9-10,14H,2-8H2,1H3. The summed E-state index contributed by atoms with van der Waals surface area (Å²) in [4.78, 5) is 2.41. The van der Waals surface area contributed by atoms with Crippen LogP contribution in [0.2, 0.25) is 0 Å². The predicted octanol–water partition coefficient (Wildman–Crippen LogP) is 4.77. The van der Waals surface area contributed by atoms with Gasteiger partial charge in [0.05, 0.1) is 4.86 Å². The number of unbranched alkanes of at least 4 members (excludes halogenated alkanes) is 5. The van der Waals surface area contributed by atoms with Crippen molar-refractivity contribution in [2.45, 2.75) is 57.1 Å². The van der Waals surface area contributed by atoms with Crippen molar-refractivity contribution in [3.63, 3.8) is 0 Å². The number of thiocarbonyl (C=S) groups is 3. The maximum absolute atomic E-state index is 5.36. The second-order valence-corrected chi connectivity index (χ2v) is 6.51. The van der Waals surface area contributed by atoms with Crippen molar-refractivity contribution in [1.82, 2.24) is 0 Å². The predicted molar refractivity (Wildman–Crippen MR) is 92.1 cm³/mol. The lowest BCUT2D eigenvalue weighted by molar-refractivity contribution is 0.556. The van der Waals surface area contributed by atoms with Crippen molar-refractivity contribution in [3.05, 3.63) is 0 Å². The highest BCUT2D eigenvalue weighted by molar-refractivity contribution is 7.97. The fourth-order valence-electron chi connectivity index (χ4n) is 2.18. The molecule has 0 nitrogen and oxygen atoms in total. The average molecular weight is 305 g/mol. The number of rotatable bonds is 7. The van der Waals surface area contributed by atoms with Crippen molar-refractivity contribution in [2.75, 3.05) is 0 Å². The molecule has 0 radical (unpaired) electrons. The van der Waals surface area contributed by atoms with Crippen molar-refractivity contribution in [2.24, 2.45) is 5.92 Å². The van der Waals surface area contributed by atoms with Gasteiger partial charge in [0.15, 0.2) is 0 Å². The molecule has 0 spiro atoms. The lowest BCUT2D eigenvalue weighted by Crippen LogP contribution is -2.16. The van der Waals surface area contributed by atoms with E-state index < -0.39 is 0 Å². The van der Waals surface area contributed by atoms with Gasteiger partial charge >= 0.3 is 0 Å². The molecule has 1 aliphatic carbocycles. The molecular formula is C13H20S4. The topological polar surface area (TPSA) is 0 Å². The van der Waals surface area contributed by atoms with Gasteiger partial charge in [0.1, 0.15) is 0 Å². The summed E-state index contributed by atoms with van der Waals surface area (Å²) < 4.78 is 0. The fraction of sp³-hybridized carbons (Fsp3) is 0.769. The third-order valence-electron chi connectivity index (χ3n) is 3.30. The molecule has 1 fully saturated rings. The van der Waals surface area contributed by atoms with Gasteiger partial charge in [-0.1, -0.05) is 82.1 Å². The van der Waals surface area contributed by atoms with Crippen LogP contribution in [-0.4, -0.2) is 19.8 Å². The molecule has 1 aliphatic rings. The SMILES string of the molecule is CCCCCCCCC1C(=S)C(=S)C(=S)C1S. The van der Waals surface area contributed by atoms with Crippen LogP contribution >= 0.6 is 49.3 Å². The van der Waals surface area contributed by atoms with E-state index in [0.29, 0.717) is 5.92 Å². The fourth-order valence-corrected chi connectivity index (χ4v) is 3.78. The molecule has 0 aromatic heterocycles. The van der Waals surface area contributed by atoms with Crippen molar-refractivity contribution < 1.29 is 0 Å². The summed E-state index contributed by atoms with van der Waals surface area (Å²) >= 11 is 20.4. The van der Waals surface area contributed by atoms with Crippen molar-refractivity contribution >= 4 is 63.9 Å². The second kappa shape index (κ2) is 7.93. The van der Waals surface area contributed by atoms with E-state index in [0.717, 1.165) is 21.0 Å². The van der Waals surface area contributed by atoms with Crippen LogP contribution in [0.5, 0.6) is 0 Å². The molecule has 1 rings (SSSR count). The molecule has 17 heavy (non-hydrogen) atoms. The zero-order valence-electron chi connectivity index (χ0n) is 10.3. The van der Waals surface area contributed by atoms with Gasteiger partial charge in [-0.25, -0.2) is 0 Å². The van der Waals surface area contributed by atoms with Gasteiger partial charge in [0, 0.05) is 20.9 Å². The molecule has 0 heterocycles. The maximum atomic E-state index is 5.36. The van der Waals surface area contributed by atoms with Crippen LogP contribution in [0.1, 0.15) is 51.9 Å². The second-order valence-electron chi connectivity index (χ2n) is 4.67. The Morgan fingerprint density at radius 2 is 1.53 bits per heavy atom. The van der Waals surface area contributed by atoms with Crippen molar-refractivity contribution in [3.8, 4) is 0 Å². The quantitative estimate of drug-likeness (QED) is 0.409. The van der Waals surface area contributed by atoms with Gasteiger partial charge in [-0.2, -0.15) is 12.6 Å². The first kappa shape index (κ1) is 15.7. The molecule has 0 aliphatic heterocycles. The van der Waals surface area contributed by atoms with Crippen LogP contribution in [0.15, 0.2) is 0 Å². The van der Waals surface area contributed by atoms with E-state index in [4.69, 9.17) is 36.7 Å². The number of thiol groups is 1. The largest absolute Gasteiger partial charge is 0.169 e. The minimum atomic E-state index is 0.0978. The Balaban J connectivity index is 2.25. The summed E-state index contributed by atoms with van der Waals surface area (Å²) in [5.41, 5.74) is 0. The third-order valence-corrected chi connectivity index (χ3v) is 5.76. The lowest BCUT2D eigenvalue weighted by atomic mass is 9.98. The summed E-state index contributed by atoms with van der Waals surface area (Å²) in [6.45, 7) is 2.24. The Kier molecular flexibility index (Phi) is 7.31. The number of hydrogen-bond acceptors (Lipinski definition) is 4. The zero-order valence-corrected chi connectivity index (χ0v) is 13.6. The van der Waals surface area contributed by atoms with Gasteiger partial charge in [0.25, 0.3) is 0 Å². The van der Waals surface area contributed by atoms with E-state index >= 15 is 0 Å². The Morgan fingerprint density at radius 1 is 0.941 bits per heavy atom. The molecule has 4 heteroatoms. The van der Waals surface area contributed by atoms with Crippen LogP contribution in [-0.2, 0) is 0 Å². The van der Waals surface area contributed by atoms with Crippen LogP contribution in [0.3, 0.4) is 0 Å². The molecule has 0 N–H and O–H groups in total. The summed E-state index contributed by atoms with van der Waals surface area (Å²) in [5, 5.41) is 0.0978. The molecule has 0 amide bonds. The minimum absolute atomic E-state index is 0.0978. The Hall–Kier alpha value is 0.620. The smallest absolute Gasteiger partial charge is 0.0670 e. The van der Waals surface area contributed by atoms with Crippen LogP contribution < -0.4 is 0 Å². The molecule has 0 aromatic rings. The van der Waals surface area contributed by atoms with E-state index in [-0.39, 0.29) is 5.25 Å². The summed E-state index contributed by atoms with van der Waals surface area (Å²) in [6.07, 6.45) is 8.95. The third kappa shape index (κ3) is 4.34. The highest BCUT2D eigenvalue weighted by Gasteiger charge is 2.37. The zero-order chi connectivity index (χ0) is 12.8. The van der Waals surface area contributed by atoms with Gasteiger partial charge in [-0.3, -0.25) is 0 Å². The molecule has 0 aromatic carbocycles. The van der Waals surface area contributed by atoms with Gasteiger partial charge in [-0.05, 0) is 6.42 Å². The summed E-state index contributed by atoms with van der Waals surface area (Å²) in [7, 11) is 0. The highest BCUT2D eigenvalue weighted by atomic mass is 32.1. The van der Waals surface area contributed by atoms with Crippen LogP contribution in [0.4, 0.5) is 0 Å². The molecule has 96 valence electrons. The van der Waals surface area contributed by atoms with E-state index in [1.165, 1.54) is 38.5 Å². The molecule has 0 saturated heterocycles. The molecule has 2 atom stereocenters. The maximum Gasteiger partial charge on any atom is 0.0670 e. The normalized spacial score (nSPS) is 24.7. The lowest BCUT2D eigenvalue weighted by Gasteiger charge is -2.13. The first-order valence-corrected chi connectivity index (χ1v) is 8.14. The Bertz CT molecular complexity index is 309. The van der Waals surface area contributed by atoms with E-state index in [2.05, 4.69) is 19.6 Å². The van der Waals surface area contributed by atoms with Gasteiger partial charge in [0.2, 0.25) is 0 Å². The Labute approximate surface area is 126 Å². The van der Waals surface area contributed by atoms with Gasteiger partial charge < -0.3 is 0 Å². The molecule has 0 bridgehead atoms. The summed E-state index contributed by atoms with van der Waals surface area (Å²) in [5.74, 6) is 0.319. The molecule has 2 unspecified atom stereocenters. The molecular weight excluding hydrogens is 284 g/mol. The van der Waals surface area contributed by atoms with E-state index in [1.54, 1.807) is 0 Å². The summed E-state index contributed by atoms with van der Waals surface area (Å²) in [6, 6.07) is 0. The monoisotopic (exact) mass is 304 g/mol. The van der Waals surface area contributed by atoms with E-state index in [9.17, 15) is 0 Å². The first-order chi connectivity index (χ1) is 8.09. The first-order valence-electron chi connectivity index (χ1n) is 6.40. The molecule has 1 saturated carbocycles. The van der Waals surface area contributed by atoms with Crippen LogP contribution in [0.25, 0.3) is 0 Å². The van der Waals surface area contributed by atoms with Crippen molar-refractivity contribution in [1.29, 1.82) is 0 Å².